The molecule has 0 radical (unpaired) electrons. The maximum Gasteiger partial charge on any atom is 0.276 e. The summed E-state index contributed by atoms with van der Waals surface area (Å²) in [4.78, 5) is 16.4. The standard InChI is InChI=1S/C19H24N2O4S2/c1-13-9-10-15(25-2)18(11-13)27(23,24)21-20-19(22)17-12-14-7-5-3-4-6-8-16(14)26-17/h9-12,21H,3-8H2,1-2H3,(H,20,22). The Bertz CT molecular complexity index is 910. The highest BCUT2D eigenvalue weighted by molar-refractivity contribution is 7.89. The summed E-state index contributed by atoms with van der Waals surface area (Å²) >= 11 is 1.45. The first kappa shape index (κ1) is 19.9. The van der Waals surface area contributed by atoms with Crippen molar-refractivity contribution in [2.45, 2.75) is 50.3 Å². The quantitative estimate of drug-likeness (QED) is 0.743. The SMILES string of the molecule is COc1ccc(C)cc1S(=O)(=O)NNC(=O)c1cc2c(s1)CCCCCC2. The minimum absolute atomic E-state index is 0.0104. The monoisotopic (exact) mass is 408 g/mol. The van der Waals surface area contributed by atoms with Crippen molar-refractivity contribution in [1.29, 1.82) is 0 Å². The van der Waals surface area contributed by atoms with Crippen LogP contribution in [0, 0.1) is 6.92 Å². The van der Waals surface area contributed by atoms with E-state index in [9.17, 15) is 13.2 Å². The molecule has 0 unspecified atom stereocenters. The first-order chi connectivity index (χ1) is 12.9. The van der Waals surface area contributed by atoms with Gasteiger partial charge in [0.2, 0.25) is 0 Å². The topological polar surface area (TPSA) is 84.5 Å². The lowest BCUT2D eigenvalue weighted by Gasteiger charge is -2.11. The van der Waals surface area contributed by atoms with E-state index in [0.29, 0.717) is 4.88 Å². The van der Waals surface area contributed by atoms with Gasteiger partial charge in [-0.25, -0.2) is 8.42 Å². The zero-order valence-corrected chi connectivity index (χ0v) is 17.1. The Morgan fingerprint density at radius 1 is 1.11 bits per heavy atom. The number of hydrazine groups is 1. The third-order valence-corrected chi connectivity index (χ3v) is 7.13. The van der Waals surface area contributed by atoms with Gasteiger partial charge in [-0.3, -0.25) is 10.2 Å². The molecule has 1 heterocycles. The summed E-state index contributed by atoms with van der Waals surface area (Å²) in [6.07, 6.45) is 6.66. The van der Waals surface area contributed by atoms with E-state index in [1.807, 2.05) is 6.07 Å². The molecule has 1 aliphatic rings. The molecule has 146 valence electrons. The number of carbonyl (C=O) groups excluding carboxylic acids is 1. The summed E-state index contributed by atoms with van der Waals surface area (Å²) in [6.45, 7) is 1.79. The molecule has 1 amide bonds. The number of thiophene rings is 1. The molecule has 3 rings (SSSR count). The van der Waals surface area contributed by atoms with Crippen molar-refractivity contribution in [1.82, 2.24) is 10.3 Å². The van der Waals surface area contributed by atoms with E-state index in [-0.39, 0.29) is 10.6 Å². The number of amides is 1. The van der Waals surface area contributed by atoms with Gasteiger partial charge in [0.1, 0.15) is 10.6 Å². The van der Waals surface area contributed by atoms with Gasteiger partial charge in [0, 0.05) is 4.88 Å². The lowest BCUT2D eigenvalue weighted by molar-refractivity contribution is 0.0949. The Balaban J connectivity index is 1.73. The lowest BCUT2D eigenvalue weighted by Crippen LogP contribution is -2.41. The normalized spacial score (nSPS) is 14.7. The highest BCUT2D eigenvalue weighted by Gasteiger charge is 2.22. The zero-order chi connectivity index (χ0) is 19.4. The van der Waals surface area contributed by atoms with Crippen LogP contribution in [0.5, 0.6) is 5.75 Å². The molecule has 1 aromatic heterocycles. The van der Waals surface area contributed by atoms with Crippen LogP contribution in [-0.4, -0.2) is 21.4 Å². The van der Waals surface area contributed by atoms with Gasteiger partial charge in [-0.1, -0.05) is 18.9 Å². The Morgan fingerprint density at radius 2 is 1.85 bits per heavy atom. The van der Waals surface area contributed by atoms with E-state index in [4.69, 9.17) is 4.74 Å². The average Bonchev–Trinajstić information content (AvgIpc) is 3.02. The van der Waals surface area contributed by atoms with Crippen molar-refractivity contribution in [3.05, 3.63) is 45.1 Å². The second-order valence-electron chi connectivity index (χ2n) is 6.69. The number of nitrogens with one attached hydrogen (secondary N) is 2. The van der Waals surface area contributed by atoms with Gasteiger partial charge < -0.3 is 4.74 Å². The minimum atomic E-state index is -3.94. The van der Waals surface area contributed by atoms with Crippen molar-refractivity contribution in [3.63, 3.8) is 0 Å². The summed E-state index contributed by atoms with van der Waals surface area (Å²) < 4.78 is 30.3. The van der Waals surface area contributed by atoms with Gasteiger partial charge in [-0.05, 0) is 61.9 Å². The van der Waals surface area contributed by atoms with Crippen LogP contribution in [0.25, 0.3) is 0 Å². The highest BCUT2D eigenvalue weighted by Crippen LogP contribution is 2.28. The van der Waals surface area contributed by atoms with E-state index >= 15 is 0 Å². The second-order valence-corrected chi connectivity index (χ2v) is 9.47. The number of rotatable bonds is 5. The number of hydrogen-bond acceptors (Lipinski definition) is 5. The van der Waals surface area contributed by atoms with Crippen LogP contribution in [0.1, 0.15) is 51.4 Å². The van der Waals surface area contributed by atoms with Crippen LogP contribution < -0.4 is 15.0 Å². The smallest absolute Gasteiger partial charge is 0.276 e. The van der Waals surface area contributed by atoms with E-state index in [1.165, 1.54) is 47.8 Å². The molecule has 2 aromatic rings. The molecule has 0 spiro atoms. The van der Waals surface area contributed by atoms with Crippen LogP contribution in [0.2, 0.25) is 0 Å². The molecule has 8 heteroatoms. The fourth-order valence-electron chi connectivity index (χ4n) is 3.18. The van der Waals surface area contributed by atoms with Crippen molar-refractivity contribution in [2.24, 2.45) is 0 Å². The van der Waals surface area contributed by atoms with Crippen LogP contribution in [-0.2, 0) is 22.9 Å². The lowest BCUT2D eigenvalue weighted by atomic mass is 10.00. The molecule has 27 heavy (non-hydrogen) atoms. The first-order valence-corrected chi connectivity index (χ1v) is 11.3. The molecule has 1 aliphatic carbocycles. The summed E-state index contributed by atoms with van der Waals surface area (Å²) in [5.74, 6) is -0.219. The number of hydrogen-bond donors (Lipinski definition) is 2. The molecule has 0 bridgehead atoms. The van der Waals surface area contributed by atoms with E-state index < -0.39 is 15.9 Å². The molecule has 2 N–H and O–H groups in total. The zero-order valence-electron chi connectivity index (χ0n) is 15.5. The Labute approximate surface area is 164 Å². The second kappa shape index (κ2) is 8.41. The molecule has 0 atom stereocenters. The van der Waals surface area contributed by atoms with Gasteiger partial charge in [-0.15, -0.1) is 16.2 Å². The Morgan fingerprint density at radius 3 is 2.59 bits per heavy atom. The number of sulfonamides is 1. The summed E-state index contributed by atoms with van der Waals surface area (Å²) in [5.41, 5.74) is 4.32. The van der Waals surface area contributed by atoms with E-state index in [2.05, 4.69) is 10.3 Å². The van der Waals surface area contributed by atoms with Gasteiger partial charge in [0.15, 0.2) is 0 Å². The summed E-state index contributed by atoms with van der Waals surface area (Å²) in [5, 5.41) is 0. The third-order valence-electron chi connectivity index (χ3n) is 4.63. The van der Waals surface area contributed by atoms with Crippen LogP contribution in [0.4, 0.5) is 0 Å². The number of carbonyl (C=O) groups is 1. The number of methoxy groups -OCH3 is 1. The largest absolute Gasteiger partial charge is 0.495 e. The Hall–Kier alpha value is -1.90. The molecule has 0 saturated heterocycles. The van der Waals surface area contributed by atoms with Crippen LogP contribution in [0.3, 0.4) is 0 Å². The molecule has 0 saturated carbocycles. The number of ether oxygens (including phenoxy) is 1. The van der Waals surface area contributed by atoms with Crippen LogP contribution >= 0.6 is 11.3 Å². The Kier molecular flexibility index (Phi) is 6.18. The van der Waals surface area contributed by atoms with Crippen molar-refractivity contribution >= 4 is 27.3 Å². The first-order valence-electron chi connectivity index (χ1n) is 8.99. The van der Waals surface area contributed by atoms with Crippen molar-refractivity contribution in [2.75, 3.05) is 7.11 Å². The minimum Gasteiger partial charge on any atom is -0.495 e. The summed E-state index contributed by atoms with van der Waals surface area (Å²) in [7, 11) is -2.54. The van der Waals surface area contributed by atoms with Crippen molar-refractivity contribution in [3.8, 4) is 5.75 Å². The molecule has 1 aromatic carbocycles. The van der Waals surface area contributed by atoms with Gasteiger partial charge >= 0.3 is 0 Å². The number of aryl methyl sites for hydroxylation is 3. The maximum atomic E-state index is 12.6. The fraction of sp³-hybridized carbons (Fsp3) is 0.421. The van der Waals surface area contributed by atoms with Gasteiger partial charge in [0.05, 0.1) is 12.0 Å². The van der Waals surface area contributed by atoms with E-state index in [1.54, 1.807) is 19.1 Å². The molecule has 0 aliphatic heterocycles. The molecular weight excluding hydrogens is 384 g/mol. The van der Waals surface area contributed by atoms with E-state index in [0.717, 1.165) is 31.2 Å². The molecule has 0 fully saturated rings. The fourth-order valence-corrected chi connectivity index (χ4v) is 5.42. The van der Waals surface area contributed by atoms with Gasteiger partial charge in [0.25, 0.3) is 15.9 Å². The molecule has 6 nitrogen and oxygen atoms in total. The summed E-state index contributed by atoms with van der Waals surface area (Å²) in [6, 6.07) is 6.75. The highest BCUT2D eigenvalue weighted by atomic mass is 32.2. The number of fused-ring (bicyclic) bond motifs is 1. The predicted molar refractivity (Wildman–Crippen MR) is 106 cm³/mol. The average molecular weight is 409 g/mol. The molecular formula is C19H24N2O4S2. The van der Waals surface area contributed by atoms with Crippen LogP contribution in [0.15, 0.2) is 29.2 Å². The van der Waals surface area contributed by atoms with Crippen molar-refractivity contribution < 1.29 is 17.9 Å². The predicted octanol–water partition coefficient (Wildman–Crippen LogP) is 3.35. The van der Waals surface area contributed by atoms with Gasteiger partial charge in [-0.2, -0.15) is 0 Å². The maximum absolute atomic E-state index is 12.6. The number of benzene rings is 1. The third kappa shape index (κ3) is 4.69.